The van der Waals surface area contributed by atoms with E-state index in [4.69, 9.17) is 0 Å². The third-order valence-electron chi connectivity index (χ3n) is 7.07. The van der Waals surface area contributed by atoms with Crippen molar-refractivity contribution in [1.82, 2.24) is 0 Å². The zero-order valence-electron chi connectivity index (χ0n) is 19.5. The summed E-state index contributed by atoms with van der Waals surface area (Å²) in [5, 5.41) is 3.62. The Hall–Kier alpha value is -4.10. The molecule has 1 N–H and O–H groups in total. The van der Waals surface area contributed by atoms with Gasteiger partial charge in [0, 0.05) is 16.8 Å². The van der Waals surface area contributed by atoms with E-state index in [0.29, 0.717) is 0 Å². The topological polar surface area (TPSA) is 12.0 Å². The molecule has 0 radical (unpaired) electrons. The summed E-state index contributed by atoms with van der Waals surface area (Å²) >= 11 is 0. The quantitative estimate of drug-likeness (QED) is 0.296. The molecule has 6 rings (SSSR count). The highest BCUT2D eigenvalue weighted by molar-refractivity contribution is 5.93. The molecule has 0 amide bonds. The molecule has 0 spiro atoms. The third-order valence-corrected chi connectivity index (χ3v) is 7.07. The summed E-state index contributed by atoms with van der Waals surface area (Å²) < 4.78 is 0. The molecule has 0 heterocycles. The van der Waals surface area contributed by atoms with Crippen molar-refractivity contribution in [3.63, 3.8) is 0 Å². The van der Waals surface area contributed by atoms with Crippen LogP contribution in [-0.2, 0) is 5.41 Å². The number of benzene rings is 5. The minimum Gasteiger partial charge on any atom is -0.356 e. The molecule has 0 saturated carbocycles. The van der Waals surface area contributed by atoms with Crippen LogP contribution in [0.1, 0.15) is 25.0 Å². The maximum atomic E-state index is 3.62. The lowest BCUT2D eigenvalue weighted by molar-refractivity contribution is 0.661. The molecule has 1 aliphatic rings. The van der Waals surface area contributed by atoms with Crippen LogP contribution >= 0.6 is 0 Å². The van der Waals surface area contributed by atoms with Crippen molar-refractivity contribution in [3.05, 3.63) is 132 Å². The number of fused-ring (bicyclic) bond motifs is 3. The Bertz CT molecular complexity index is 1460. The van der Waals surface area contributed by atoms with Crippen molar-refractivity contribution >= 4 is 11.4 Å². The molecule has 5 aromatic rings. The van der Waals surface area contributed by atoms with E-state index in [0.717, 1.165) is 11.4 Å². The molecule has 0 fully saturated rings. The monoisotopic (exact) mass is 437 g/mol. The number of rotatable bonds is 4. The average Bonchev–Trinajstić information content (AvgIpc) is 3.12. The second-order valence-electron chi connectivity index (χ2n) is 9.55. The van der Waals surface area contributed by atoms with Crippen LogP contribution in [0.25, 0.3) is 33.4 Å². The molecule has 34 heavy (non-hydrogen) atoms. The molecule has 0 saturated heterocycles. The predicted octanol–water partition coefficient (Wildman–Crippen LogP) is 9.07. The number of hydrogen-bond acceptors (Lipinski definition) is 1. The Morgan fingerprint density at radius 2 is 1.09 bits per heavy atom. The van der Waals surface area contributed by atoms with Crippen LogP contribution in [0.2, 0.25) is 0 Å². The van der Waals surface area contributed by atoms with Gasteiger partial charge in [-0.1, -0.05) is 111 Å². The Kier molecular flexibility index (Phi) is 4.85. The smallest absolute Gasteiger partial charge is 0.0387 e. The molecule has 164 valence electrons. The lowest BCUT2D eigenvalue weighted by Crippen LogP contribution is -2.15. The number of nitrogens with one attached hydrogen (secondary N) is 1. The highest BCUT2D eigenvalue weighted by Crippen LogP contribution is 2.52. The first kappa shape index (κ1) is 20.5. The van der Waals surface area contributed by atoms with Crippen LogP contribution in [-0.4, -0.2) is 0 Å². The summed E-state index contributed by atoms with van der Waals surface area (Å²) in [5.74, 6) is 0. The molecule has 1 heteroatoms. The van der Waals surface area contributed by atoms with Crippen LogP contribution in [0.4, 0.5) is 11.4 Å². The van der Waals surface area contributed by atoms with E-state index in [2.05, 4.69) is 140 Å². The van der Waals surface area contributed by atoms with Crippen molar-refractivity contribution in [3.8, 4) is 33.4 Å². The van der Waals surface area contributed by atoms with Crippen molar-refractivity contribution < 1.29 is 0 Å². The summed E-state index contributed by atoms with van der Waals surface area (Å²) in [6.07, 6.45) is 0. The normalized spacial score (nSPS) is 13.2. The second-order valence-corrected chi connectivity index (χ2v) is 9.55. The van der Waals surface area contributed by atoms with Gasteiger partial charge in [-0.15, -0.1) is 0 Å². The molecule has 1 nitrogen and oxygen atoms in total. The Morgan fingerprint density at radius 1 is 0.471 bits per heavy atom. The van der Waals surface area contributed by atoms with Gasteiger partial charge in [-0.3, -0.25) is 0 Å². The molecule has 0 bridgehead atoms. The van der Waals surface area contributed by atoms with Gasteiger partial charge in [0.1, 0.15) is 0 Å². The fraction of sp³-hybridized carbons (Fsp3) is 0.0909. The van der Waals surface area contributed by atoms with Crippen molar-refractivity contribution in [2.75, 3.05) is 5.32 Å². The average molecular weight is 438 g/mol. The Labute approximate surface area is 201 Å². The fourth-order valence-corrected chi connectivity index (χ4v) is 5.27. The molecular formula is C33H27N. The van der Waals surface area contributed by atoms with Crippen molar-refractivity contribution in [1.29, 1.82) is 0 Å². The first-order chi connectivity index (χ1) is 16.6. The van der Waals surface area contributed by atoms with Gasteiger partial charge in [0.05, 0.1) is 0 Å². The van der Waals surface area contributed by atoms with Crippen LogP contribution in [0, 0.1) is 0 Å². The highest BCUT2D eigenvalue weighted by atomic mass is 14.9. The van der Waals surface area contributed by atoms with Crippen molar-refractivity contribution in [2.45, 2.75) is 19.3 Å². The van der Waals surface area contributed by atoms with Gasteiger partial charge >= 0.3 is 0 Å². The van der Waals surface area contributed by atoms with E-state index in [9.17, 15) is 0 Å². The zero-order chi connectivity index (χ0) is 23.1. The van der Waals surface area contributed by atoms with E-state index >= 15 is 0 Å². The van der Waals surface area contributed by atoms with Crippen molar-refractivity contribution in [2.24, 2.45) is 0 Å². The lowest BCUT2D eigenvalue weighted by atomic mass is 9.82. The van der Waals surface area contributed by atoms with Crippen LogP contribution in [0.3, 0.4) is 0 Å². The van der Waals surface area contributed by atoms with E-state index in [1.54, 1.807) is 0 Å². The lowest BCUT2D eigenvalue weighted by Gasteiger charge is -2.22. The Balaban J connectivity index is 1.35. The summed E-state index contributed by atoms with van der Waals surface area (Å²) in [5.41, 5.74) is 12.7. The van der Waals surface area contributed by atoms with Gasteiger partial charge in [-0.25, -0.2) is 0 Å². The summed E-state index contributed by atoms with van der Waals surface area (Å²) in [7, 11) is 0. The second kappa shape index (κ2) is 8.04. The molecule has 0 aliphatic heterocycles. The first-order valence-corrected chi connectivity index (χ1v) is 11.9. The zero-order valence-corrected chi connectivity index (χ0v) is 19.5. The molecule has 0 atom stereocenters. The van der Waals surface area contributed by atoms with Crippen LogP contribution in [0.15, 0.2) is 121 Å². The van der Waals surface area contributed by atoms with Gasteiger partial charge in [0.25, 0.3) is 0 Å². The molecular weight excluding hydrogens is 410 g/mol. The van der Waals surface area contributed by atoms with Crippen LogP contribution in [0.5, 0.6) is 0 Å². The summed E-state index contributed by atoms with van der Waals surface area (Å²) in [6.45, 7) is 4.68. The van der Waals surface area contributed by atoms with E-state index in [-0.39, 0.29) is 5.41 Å². The third kappa shape index (κ3) is 3.41. The summed E-state index contributed by atoms with van der Waals surface area (Å²) in [4.78, 5) is 0. The van der Waals surface area contributed by atoms with Gasteiger partial charge in [0.15, 0.2) is 0 Å². The standard InChI is InChI=1S/C33H27N/c1-33(2)30-15-9-14-28(25-12-7-4-8-13-25)32(30)29-21-20-27(22-31(29)33)34-26-18-16-24(17-19-26)23-10-5-3-6-11-23/h3-22,34H,1-2H3. The van der Waals surface area contributed by atoms with Gasteiger partial charge in [0.2, 0.25) is 0 Å². The highest BCUT2D eigenvalue weighted by Gasteiger charge is 2.36. The SMILES string of the molecule is CC1(C)c2cc(Nc3ccc(-c4ccccc4)cc3)ccc2-c2c(-c3ccccc3)cccc21. The van der Waals surface area contributed by atoms with Gasteiger partial charge in [-0.05, 0) is 68.8 Å². The minimum absolute atomic E-state index is 0.0513. The number of hydrogen-bond donors (Lipinski definition) is 1. The van der Waals surface area contributed by atoms with Gasteiger partial charge < -0.3 is 5.32 Å². The maximum Gasteiger partial charge on any atom is 0.0387 e. The minimum atomic E-state index is -0.0513. The number of anilines is 2. The molecule has 0 unspecified atom stereocenters. The van der Waals surface area contributed by atoms with Gasteiger partial charge in [-0.2, -0.15) is 0 Å². The summed E-state index contributed by atoms with van der Waals surface area (Å²) in [6, 6.07) is 43.4. The fourth-order valence-electron chi connectivity index (χ4n) is 5.27. The van der Waals surface area contributed by atoms with Crippen LogP contribution < -0.4 is 5.32 Å². The van der Waals surface area contributed by atoms with E-state index in [1.807, 2.05) is 0 Å². The molecule has 0 aromatic heterocycles. The largest absolute Gasteiger partial charge is 0.356 e. The predicted molar refractivity (Wildman–Crippen MR) is 145 cm³/mol. The molecule has 5 aromatic carbocycles. The first-order valence-electron chi connectivity index (χ1n) is 11.9. The van der Waals surface area contributed by atoms with E-state index in [1.165, 1.54) is 44.5 Å². The molecule has 1 aliphatic carbocycles. The van der Waals surface area contributed by atoms with E-state index < -0.39 is 0 Å². The Morgan fingerprint density at radius 3 is 1.79 bits per heavy atom. The maximum absolute atomic E-state index is 3.62.